The Labute approximate surface area is 158 Å². The largest absolute Gasteiger partial charge is 0.339 e. The van der Waals surface area contributed by atoms with Gasteiger partial charge in [-0.1, -0.05) is 26.0 Å². The van der Waals surface area contributed by atoms with Gasteiger partial charge in [0.15, 0.2) is 0 Å². The van der Waals surface area contributed by atoms with Crippen LogP contribution < -0.4 is 0 Å². The minimum atomic E-state index is -0.294. The molecule has 0 saturated carbocycles. The molecular formula is C20H25FN4O2. The van der Waals surface area contributed by atoms with Crippen LogP contribution in [0.5, 0.6) is 0 Å². The number of carbonyl (C=O) groups is 2. The second-order valence-electron chi connectivity index (χ2n) is 7.28. The number of carbonyl (C=O) groups excluding carboxylic acids is 2. The fourth-order valence-corrected chi connectivity index (χ4v) is 3.40. The summed E-state index contributed by atoms with van der Waals surface area (Å²) < 4.78 is 14.9. The van der Waals surface area contributed by atoms with Gasteiger partial charge in [-0.2, -0.15) is 0 Å². The lowest BCUT2D eigenvalue weighted by Crippen LogP contribution is -2.47. The number of nitrogens with zero attached hydrogens (tertiary/aromatic N) is 4. The van der Waals surface area contributed by atoms with E-state index >= 15 is 0 Å². The lowest BCUT2D eigenvalue weighted by molar-refractivity contribution is -0.134. The number of rotatable bonds is 5. The first-order chi connectivity index (χ1) is 12.9. The second-order valence-corrected chi connectivity index (χ2v) is 7.28. The summed E-state index contributed by atoms with van der Waals surface area (Å²) in [6.07, 6.45) is 5.30. The molecule has 0 bridgehead atoms. The van der Waals surface area contributed by atoms with Crippen molar-refractivity contribution in [2.24, 2.45) is 5.92 Å². The first kappa shape index (κ1) is 19.1. The highest BCUT2D eigenvalue weighted by Gasteiger charge is 2.33. The molecule has 0 N–H and O–H groups in total. The molecule has 2 amide bonds. The zero-order chi connectivity index (χ0) is 19.4. The van der Waals surface area contributed by atoms with E-state index in [1.165, 1.54) is 12.1 Å². The third-order valence-electron chi connectivity index (χ3n) is 4.99. The van der Waals surface area contributed by atoms with Crippen molar-refractivity contribution in [1.29, 1.82) is 0 Å². The summed E-state index contributed by atoms with van der Waals surface area (Å²) in [5.41, 5.74) is 0.883. The lowest BCUT2D eigenvalue weighted by atomic mass is 10.0. The molecule has 1 fully saturated rings. The molecule has 7 heteroatoms. The van der Waals surface area contributed by atoms with Gasteiger partial charge in [0.25, 0.3) is 0 Å². The Bertz CT molecular complexity index is 774. The highest BCUT2D eigenvalue weighted by atomic mass is 19.1. The van der Waals surface area contributed by atoms with Crippen LogP contribution in [0.4, 0.5) is 4.39 Å². The van der Waals surface area contributed by atoms with Gasteiger partial charge < -0.3 is 14.4 Å². The second kappa shape index (κ2) is 8.33. The number of aromatic nitrogens is 2. The quantitative estimate of drug-likeness (QED) is 0.809. The van der Waals surface area contributed by atoms with Crippen molar-refractivity contribution in [2.75, 3.05) is 13.1 Å². The summed E-state index contributed by atoms with van der Waals surface area (Å²) in [5, 5.41) is 0. The van der Waals surface area contributed by atoms with E-state index in [2.05, 4.69) is 18.8 Å². The SMILES string of the molecule is CC(C)C1CN(C(=O)Cn2ccnc2)CCC(=O)N1Cc1ccc(F)cc1. The van der Waals surface area contributed by atoms with Crippen LogP contribution in [-0.2, 0) is 22.7 Å². The van der Waals surface area contributed by atoms with Gasteiger partial charge in [-0.15, -0.1) is 0 Å². The van der Waals surface area contributed by atoms with E-state index < -0.39 is 0 Å². The maximum absolute atomic E-state index is 13.2. The summed E-state index contributed by atoms with van der Waals surface area (Å²) in [5.74, 6) is -0.0975. The summed E-state index contributed by atoms with van der Waals surface area (Å²) in [4.78, 5) is 33.1. The maximum Gasteiger partial charge on any atom is 0.242 e. The minimum absolute atomic E-state index is 0.0184. The van der Waals surface area contributed by atoms with E-state index in [4.69, 9.17) is 0 Å². The van der Waals surface area contributed by atoms with E-state index in [1.807, 2.05) is 4.90 Å². The summed E-state index contributed by atoms with van der Waals surface area (Å²) in [6, 6.07) is 6.13. The van der Waals surface area contributed by atoms with Gasteiger partial charge in [-0.05, 0) is 23.6 Å². The number of benzene rings is 1. The molecule has 1 aromatic carbocycles. The Morgan fingerprint density at radius 3 is 2.67 bits per heavy atom. The molecule has 0 spiro atoms. The average molecular weight is 372 g/mol. The van der Waals surface area contributed by atoms with Crippen LogP contribution in [0.3, 0.4) is 0 Å². The third-order valence-corrected chi connectivity index (χ3v) is 4.99. The van der Waals surface area contributed by atoms with Crippen molar-refractivity contribution < 1.29 is 14.0 Å². The smallest absolute Gasteiger partial charge is 0.242 e. The van der Waals surface area contributed by atoms with Gasteiger partial charge >= 0.3 is 0 Å². The Morgan fingerprint density at radius 2 is 2.04 bits per heavy atom. The van der Waals surface area contributed by atoms with Gasteiger partial charge in [0.2, 0.25) is 11.8 Å². The number of halogens is 1. The van der Waals surface area contributed by atoms with Gasteiger partial charge in [0.1, 0.15) is 12.4 Å². The topological polar surface area (TPSA) is 58.4 Å². The molecule has 144 valence electrons. The van der Waals surface area contributed by atoms with Crippen molar-refractivity contribution in [1.82, 2.24) is 19.4 Å². The monoisotopic (exact) mass is 372 g/mol. The Balaban J connectivity index is 1.75. The van der Waals surface area contributed by atoms with Crippen molar-refractivity contribution >= 4 is 11.8 Å². The number of hydrogen-bond acceptors (Lipinski definition) is 3. The molecule has 2 aromatic rings. The Kier molecular flexibility index (Phi) is 5.88. The minimum Gasteiger partial charge on any atom is -0.339 e. The number of amides is 2. The molecule has 1 unspecified atom stereocenters. The average Bonchev–Trinajstić information content (AvgIpc) is 3.08. The first-order valence-electron chi connectivity index (χ1n) is 9.21. The third kappa shape index (κ3) is 4.72. The number of hydrogen-bond donors (Lipinski definition) is 0. The molecule has 1 atom stereocenters. The van der Waals surface area contributed by atoms with Crippen molar-refractivity contribution in [3.8, 4) is 0 Å². The van der Waals surface area contributed by atoms with Crippen LogP contribution in [0, 0.1) is 11.7 Å². The molecule has 1 aliphatic rings. The van der Waals surface area contributed by atoms with Crippen molar-refractivity contribution in [2.45, 2.75) is 39.4 Å². The molecule has 0 radical (unpaired) electrons. The van der Waals surface area contributed by atoms with Crippen LogP contribution in [-0.4, -0.2) is 50.3 Å². The molecule has 0 aliphatic carbocycles. The summed E-state index contributed by atoms with van der Waals surface area (Å²) in [7, 11) is 0. The van der Waals surface area contributed by atoms with Gasteiger partial charge in [-0.3, -0.25) is 9.59 Å². The van der Waals surface area contributed by atoms with Gasteiger partial charge in [0.05, 0.1) is 12.4 Å². The van der Waals surface area contributed by atoms with E-state index in [0.717, 1.165) is 5.56 Å². The molecule has 3 rings (SSSR count). The molecule has 1 aromatic heterocycles. The fraction of sp³-hybridized carbons (Fsp3) is 0.450. The zero-order valence-electron chi connectivity index (χ0n) is 15.7. The predicted octanol–water partition coefficient (Wildman–Crippen LogP) is 2.31. The fourth-order valence-electron chi connectivity index (χ4n) is 3.40. The number of imidazole rings is 1. The molecule has 6 nitrogen and oxygen atoms in total. The first-order valence-corrected chi connectivity index (χ1v) is 9.21. The van der Waals surface area contributed by atoms with E-state index in [0.29, 0.717) is 26.1 Å². The van der Waals surface area contributed by atoms with E-state index in [9.17, 15) is 14.0 Å². The van der Waals surface area contributed by atoms with Crippen molar-refractivity contribution in [3.05, 3.63) is 54.4 Å². The molecule has 1 aliphatic heterocycles. The normalized spacial score (nSPS) is 18.1. The standard InChI is InChI=1S/C20H25FN4O2/c1-15(2)18-12-24(20(27)13-23-10-8-22-14-23)9-7-19(26)25(18)11-16-3-5-17(21)6-4-16/h3-6,8,10,14-15,18H,7,9,11-13H2,1-2H3. The van der Waals surface area contributed by atoms with Crippen LogP contribution in [0.2, 0.25) is 0 Å². The lowest BCUT2D eigenvalue weighted by Gasteiger charge is -2.34. The van der Waals surface area contributed by atoms with Gasteiger partial charge in [-0.25, -0.2) is 9.37 Å². The van der Waals surface area contributed by atoms with E-state index in [-0.39, 0.29) is 36.1 Å². The van der Waals surface area contributed by atoms with Crippen LogP contribution in [0.15, 0.2) is 43.0 Å². The summed E-state index contributed by atoms with van der Waals surface area (Å²) in [6.45, 7) is 5.66. The van der Waals surface area contributed by atoms with Crippen LogP contribution >= 0.6 is 0 Å². The maximum atomic E-state index is 13.2. The van der Waals surface area contributed by atoms with E-state index in [1.54, 1.807) is 40.3 Å². The molecular weight excluding hydrogens is 347 g/mol. The molecule has 2 heterocycles. The summed E-state index contributed by atoms with van der Waals surface area (Å²) >= 11 is 0. The van der Waals surface area contributed by atoms with Gasteiger partial charge in [0, 0.05) is 38.4 Å². The highest BCUT2D eigenvalue weighted by molar-refractivity contribution is 5.80. The molecule has 1 saturated heterocycles. The highest BCUT2D eigenvalue weighted by Crippen LogP contribution is 2.21. The Morgan fingerprint density at radius 1 is 1.30 bits per heavy atom. The van der Waals surface area contributed by atoms with Crippen LogP contribution in [0.1, 0.15) is 25.8 Å². The zero-order valence-corrected chi connectivity index (χ0v) is 15.7. The Hall–Kier alpha value is -2.70. The molecule has 27 heavy (non-hydrogen) atoms. The van der Waals surface area contributed by atoms with Crippen LogP contribution in [0.25, 0.3) is 0 Å². The predicted molar refractivity (Wildman–Crippen MR) is 99.0 cm³/mol. The van der Waals surface area contributed by atoms with Crippen molar-refractivity contribution in [3.63, 3.8) is 0 Å².